The molecule has 0 N–H and O–H groups in total. The number of ether oxygens (including phenoxy) is 1. The van der Waals surface area contributed by atoms with Crippen LogP contribution < -0.4 is 0 Å². The van der Waals surface area contributed by atoms with Gasteiger partial charge in [0.1, 0.15) is 10.8 Å². The summed E-state index contributed by atoms with van der Waals surface area (Å²) in [5.74, 6) is -0.537. The number of halogens is 1. The van der Waals surface area contributed by atoms with Crippen molar-refractivity contribution in [1.82, 2.24) is 4.98 Å². The molecule has 0 saturated heterocycles. The number of carbonyl (C=O) groups is 1. The number of benzene rings is 1. The average molecular weight is 279 g/mol. The molecule has 0 fully saturated rings. The number of aryl methyl sites for hydroxylation is 2. The molecule has 1 heterocycles. The van der Waals surface area contributed by atoms with Crippen LogP contribution in [0.2, 0.25) is 0 Å². The molecule has 0 atom stereocenters. The summed E-state index contributed by atoms with van der Waals surface area (Å²) in [4.78, 5) is 15.4. The molecule has 19 heavy (non-hydrogen) atoms. The third-order valence-corrected chi connectivity index (χ3v) is 3.64. The van der Waals surface area contributed by atoms with E-state index in [9.17, 15) is 9.18 Å². The Hall–Kier alpha value is -1.75. The van der Waals surface area contributed by atoms with Crippen LogP contribution in [0.25, 0.3) is 10.6 Å². The smallest absolute Gasteiger partial charge is 0.305 e. The number of hydrogen-bond donors (Lipinski definition) is 0. The predicted octanol–water partition coefficient (Wildman–Crippen LogP) is 3.36. The molecule has 0 saturated carbocycles. The van der Waals surface area contributed by atoms with Gasteiger partial charge in [-0.25, -0.2) is 9.37 Å². The summed E-state index contributed by atoms with van der Waals surface area (Å²) in [6, 6.07) is 5.08. The number of hydrogen-bond acceptors (Lipinski definition) is 4. The minimum Gasteiger partial charge on any atom is -0.469 e. The first-order chi connectivity index (χ1) is 9.10. The summed E-state index contributed by atoms with van der Waals surface area (Å²) >= 11 is 1.38. The lowest BCUT2D eigenvalue weighted by atomic mass is 10.1. The zero-order valence-corrected chi connectivity index (χ0v) is 11.6. The van der Waals surface area contributed by atoms with Gasteiger partial charge in [-0.1, -0.05) is 6.07 Å². The topological polar surface area (TPSA) is 39.2 Å². The summed E-state index contributed by atoms with van der Waals surface area (Å²) in [6.07, 6.45) is 0.798. The van der Waals surface area contributed by atoms with E-state index in [2.05, 4.69) is 9.72 Å². The Morgan fingerprint density at radius 1 is 1.47 bits per heavy atom. The third kappa shape index (κ3) is 3.38. The van der Waals surface area contributed by atoms with Crippen molar-refractivity contribution < 1.29 is 13.9 Å². The van der Waals surface area contributed by atoms with Crippen LogP contribution in [0.4, 0.5) is 4.39 Å². The fourth-order valence-corrected chi connectivity index (χ4v) is 2.55. The Labute approximate surface area is 115 Å². The lowest BCUT2D eigenvalue weighted by Gasteiger charge is -2.00. The zero-order valence-electron chi connectivity index (χ0n) is 10.8. The van der Waals surface area contributed by atoms with Gasteiger partial charge in [0.05, 0.1) is 19.2 Å². The predicted molar refractivity (Wildman–Crippen MR) is 72.6 cm³/mol. The second kappa shape index (κ2) is 5.93. The van der Waals surface area contributed by atoms with Gasteiger partial charge in [0.25, 0.3) is 0 Å². The molecule has 0 aliphatic carbocycles. The van der Waals surface area contributed by atoms with Gasteiger partial charge in [-0.15, -0.1) is 11.3 Å². The van der Waals surface area contributed by atoms with E-state index in [4.69, 9.17) is 0 Å². The van der Waals surface area contributed by atoms with Crippen LogP contribution in [-0.4, -0.2) is 18.1 Å². The molecule has 3 nitrogen and oxygen atoms in total. The van der Waals surface area contributed by atoms with Crippen LogP contribution in [0, 0.1) is 12.7 Å². The molecule has 0 spiro atoms. The van der Waals surface area contributed by atoms with Gasteiger partial charge in [0, 0.05) is 17.4 Å². The van der Waals surface area contributed by atoms with Crippen molar-refractivity contribution in [1.29, 1.82) is 0 Å². The molecule has 0 radical (unpaired) electrons. The van der Waals surface area contributed by atoms with Crippen molar-refractivity contribution in [2.75, 3.05) is 7.11 Å². The second-order valence-electron chi connectivity index (χ2n) is 4.20. The first kappa shape index (κ1) is 13.7. The van der Waals surface area contributed by atoms with Gasteiger partial charge in [0.2, 0.25) is 0 Å². The minimum atomic E-state index is -0.270. The lowest BCUT2D eigenvalue weighted by molar-refractivity contribution is -0.140. The van der Waals surface area contributed by atoms with Crippen LogP contribution in [0.15, 0.2) is 23.6 Å². The first-order valence-corrected chi connectivity index (χ1v) is 6.76. The van der Waals surface area contributed by atoms with Gasteiger partial charge in [0.15, 0.2) is 0 Å². The van der Waals surface area contributed by atoms with Crippen LogP contribution in [0.1, 0.15) is 17.7 Å². The van der Waals surface area contributed by atoms with Crippen molar-refractivity contribution in [3.05, 3.63) is 40.7 Å². The number of esters is 1. The number of nitrogens with zero attached hydrogens (tertiary/aromatic N) is 1. The van der Waals surface area contributed by atoms with E-state index in [1.165, 1.54) is 24.5 Å². The summed E-state index contributed by atoms with van der Waals surface area (Å²) in [7, 11) is 1.36. The van der Waals surface area contributed by atoms with E-state index in [0.29, 0.717) is 17.0 Å². The number of carbonyl (C=O) groups excluding carboxylic acids is 1. The molecule has 0 unspecified atom stereocenters. The highest BCUT2D eigenvalue weighted by Crippen LogP contribution is 2.27. The van der Waals surface area contributed by atoms with E-state index in [-0.39, 0.29) is 18.2 Å². The molecule has 2 aromatic rings. The normalized spacial score (nSPS) is 10.5. The lowest BCUT2D eigenvalue weighted by Crippen LogP contribution is -2.01. The Kier molecular flexibility index (Phi) is 4.27. The molecule has 0 bridgehead atoms. The van der Waals surface area contributed by atoms with Gasteiger partial charge < -0.3 is 4.74 Å². The average Bonchev–Trinajstić information content (AvgIpc) is 2.84. The van der Waals surface area contributed by atoms with Gasteiger partial charge in [-0.2, -0.15) is 0 Å². The number of aromatic nitrogens is 1. The number of rotatable bonds is 4. The van der Waals surface area contributed by atoms with Gasteiger partial charge >= 0.3 is 5.97 Å². The molecule has 0 amide bonds. The highest BCUT2D eigenvalue weighted by molar-refractivity contribution is 7.13. The quantitative estimate of drug-likeness (QED) is 0.806. The highest BCUT2D eigenvalue weighted by atomic mass is 32.1. The van der Waals surface area contributed by atoms with E-state index >= 15 is 0 Å². The molecular weight excluding hydrogens is 265 g/mol. The summed E-state index contributed by atoms with van der Waals surface area (Å²) in [5.41, 5.74) is 2.16. The van der Waals surface area contributed by atoms with Crippen LogP contribution in [-0.2, 0) is 16.0 Å². The minimum absolute atomic E-state index is 0.268. The molecular formula is C14H14FNO2S. The van der Waals surface area contributed by atoms with E-state index in [0.717, 1.165) is 11.3 Å². The molecule has 0 aliphatic rings. The second-order valence-corrected chi connectivity index (χ2v) is 5.06. The van der Waals surface area contributed by atoms with Crippen molar-refractivity contribution in [2.45, 2.75) is 19.8 Å². The van der Waals surface area contributed by atoms with Crippen molar-refractivity contribution >= 4 is 17.3 Å². The Morgan fingerprint density at radius 2 is 2.26 bits per heavy atom. The SMILES string of the molecule is COC(=O)CCc1csc(-c2ccc(C)cc2F)n1. The number of thiazole rings is 1. The Morgan fingerprint density at radius 3 is 2.95 bits per heavy atom. The maximum atomic E-state index is 13.8. The first-order valence-electron chi connectivity index (χ1n) is 5.88. The van der Waals surface area contributed by atoms with E-state index in [1.807, 2.05) is 18.4 Å². The molecule has 1 aromatic heterocycles. The van der Waals surface area contributed by atoms with Crippen LogP contribution >= 0.6 is 11.3 Å². The summed E-state index contributed by atoms with van der Waals surface area (Å²) in [6.45, 7) is 1.84. The Balaban J connectivity index is 2.14. The summed E-state index contributed by atoms with van der Waals surface area (Å²) < 4.78 is 18.4. The van der Waals surface area contributed by atoms with Gasteiger partial charge in [-0.3, -0.25) is 4.79 Å². The van der Waals surface area contributed by atoms with Crippen molar-refractivity contribution in [2.24, 2.45) is 0 Å². The van der Waals surface area contributed by atoms with Crippen molar-refractivity contribution in [3.8, 4) is 10.6 Å². The zero-order chi connectivity index (χ0) is 13.8. The summed E-state index contributed by atoms with van der Waals surface area (Å²) in [5, 5.41) is 2.48. The molecule has 100 valence electrons. The largest absolute Gasteiger partial charge is 0.469 e. The molecule has 5 heteroatoms. The number of methoxy groups -OCH3 is 1. The highest BCUT2D eigenvalue weighted by Gasteiger charge is 2.11. The maximum absolute atomic E-state index is 13.8. The fraction of sp³-hybridized carbons (Fsp3) is 0.286. The van der Waals surface area contributed by atoms with Crippen LogP contribution in [0.3, 0.4) is 0 Å². The van der Waals surface area contributed by atoms with Crippen molar-refractivity contribution in [3.63, 3.8) is 0 Å². The monoisotopic (exact) mass is 279 g/mol. The third-order valence-electron chi connectivity index (χ3n) is 2.72. The van der Waals surface area contributed by atoms with Gasteiger partial charge in [-0.05, 0) is 24.6 Å². The van der Waals surface area contributed by atoms with E-state index in [1.54, 1.807) is 6.07 Å². The van der Waals surface area contributed by atoms with Crippen LogP contribution in [0.5, 0.6) is 0 Å². The maximum Gasteiger partial charge on any atom is 0.305 e. The Bertz CT molecular complexity index is 595. The van der Waals surface area contributed by atoms with E-state index < -0.39 is 0 Å². The molecule has 0 aliphatic heterocycles. The molecule has 2 rings (SSSR count). The fourth-order valence-electron chi connectivity index (χ4n) is 1.67. The standard InChI is InChI=1S/C14H14FNO2S/c1-9-3-5-11(12(15)7-9)14-16-10(8-19-14)4-6-13(17)18-2/h3,5,7-8H,4,6H2,1-2H3. The molecule has 1 aromatic carbocycles.